The van der Waals surface area contributed by atoms with Crippen LogP contribution in [0.2, 0.25) is 24.2 Å². The molecule has 0 saturated carbocycles. The highest BCUT2D eigenvalue weighted by molar-refractivity contribution is 6.80. The lowest BCUT2D eigenvalue weighted by atomic mass is 10.5. The van der Waals surface area contributed by atoms with Crippen molar-refractivity contribution >= 4 is 8.07 Å². The third-order valence-electron chi connectivity index (χ3n) is 3.09. The van der Waals surface area contributed by atoms with E-state index in [1.54, 1.807) is 0 Å². The van der Waals surface area contributed by atoms with Crippen LogP contribution in [0.1, 0.15) is 13.8 Å². The van der Waals surface area contributed by atoms with Crippen molar-refractivity contribution in [3.05, 3.63) is 0 Å². The lowest BCUT2D eigenvalue weighted by molar-refractivity contribution is 0.277. The van der Waals surface area contributed by atoms with E-state index in [-0.39, 0.29) is 13.2 Å². The Morgan fingerprint density at radius 1 is 1.00 bits per heavy atom. The zero-order chi connectivity index (χ0) is 9.07. The summed E-state index contributed by atoms with van der Waals surface area (Å²) in [6, 6.07) is 0. The average molecular weight is 176 g/mol. The van der Waals surface area contributed by atoms with Crippen molar-refractivity contribution in [3.63, 3.8) is 0 Å². The Hall–Kier alpha value is 0.137. The van der Waals surface area contributed by atoms with Crippen LogP contribution < -0.4 is 0 Å². The largest absolute Gasteiger partial charge is 0.396 e. The molecule has 3 heteroatoms. The molecule has 0 bridgehead atoms. The Balaban J connectivity index is 4.18. The summed E-state index contributed by atoms with van der Waals surface area (Å²) < 4.78 is 0. The van der Waals surface area contributed by atoms with Crippen molar-refractivity contribution in [2.24, 2.45) is 0 Å². The van der Waals surface area contributed by atoms with Gasteiger partial charge >= 0.3 is 0 Å². The lowest BCUT2D eigenvalue weighted by Crippen LogP contribution is -2.38. The molecule has 0 aromatic heterocycles. The third kappa shape index (κ3) is 2.58. The van der Waals surface area contributed by atoms with Gasteiger partial charge in [0, 0.05) is 13.2 Å². The second-order valence-corrected chi connectivity index (χ2v) is 9.60. The first-order valence-electron chi connectivity index (χ1n) is 4.18. The van der Waals surface area contributed by atoms with Crippen LogP contribution in [0.15, 0.2) is 0 Å². The Morgan fingerprint density at radius 3 is 1.45 bits per heavy atom. The predicted octanol–water partition coefficient (Wildman–Crippen LogP) is 1.46. The highest BCUT2D eigenvalue weighted by atomic mass is 28.3. The Morgan fingerprint density at radius 2 is 1.27 bits per heavy atom. The van der Waals surface area contributed by atoms with E-state index in [9.17, 15) is 0 Å². The number of aliphatic hydroxyl groups excluding tert-OH is 2. The Labute approximate surface area is 70.3 Å². The normalized spacial score (nSPS) is 18.0. The molecule has 0 spiro atoms. The molecule has 0 saturated heterocycles. The van der Waals surface area contributed by atoms with Crippen LogP contribution >= 0.6 is 0 Å². The van der Waals surface area contributed by atoms with E-state index >= 15 is 0 Å². The summed E-state index contributed by atoms with van der Waals surface area (Å²) in [5.41, 5.74) is 0.759. The summed E-state index contributed by atoms with van der Waals surface area (Å²) in [7, 11) is -1.41. The van der Waals surface area contributed by atoms with Crippen molar-refractivity contribution in [2.45, 2.75) is 38.0 Å². The molecule has 0 heterocycles. The summed E-state index contributed by atoms with van der Waals surface area (Å²) in [5.74, 6) is 0. The zero-order valence-electron chi connectivity index (χ0n) is 7.96. The van der Waals surface area contributed by atoms with Crippen LogP contribution in [-0.2, 0) is 0 Å². The molecule has 0 rings (SSSR count). The number of rotatable bonds is 4. The zero-order valence-corrected chi connectivity index (χ0v) is 8.96. The minimum absolute atomic E-state index is 0.254. The van der Waals surface area contributed by atoms with Gasteiger partial charge in [0.2, 0.25) is 0 Å². The third-order valence-corrected chi connectivity index (χ3v) is 8.53. The molecule has 0 amide bonds. The predicted molar refractivity (Wildman–Crippen MR) is 50.5 cm³/mol. The summed E-state index contributed by atoms with van der Waals surface area (Å²) in [5, 5.41) is 17.9. The summed E-state index contributed by atoms with van der Waals surface area (Å²) in [6.45, 7) is 9.08. The van der Waals surface area contributed by atoms with Crippen LogP contribution in [0.25, 0.3) is 0 Å². The van der Waals surface area contributed by atoms with E-state index in [1.165, 1.54) is 0 Å². The fraction of sp³-hybridized carbons (Fsp3) is 1.00. The number of hydrogen-bond donors (Lipinski definition) is 2. The lowest BCUT2D eigenvalue weighted by Gasteiger charge is -2.33. The highest BCUT2D eigenvalue weighted by Crippen LogP contribution is 2.31. The van der Waals surface area contributed by atoms with Gasteiger partial charge in [0.25, 0.3) is 0 Å². The van der Waals surface area contributed by atoms with Crippen molar-refractivity contribution in [3.8, 4) is 0 Å². The first-order chi connectivity index (χ1) is 4.96. The molecule has 0 aliphatic carbocycles. The van der Waals surface area contributed by atoms with Gasteiger partial charge in [-0.2, -0.15) is 0 Å². The second-order valence-electron chi connectivity index (χ2n) is 3.99. The first-order valence-corrected chi connectivity index (χ1v) is 7.34. The van der Waals surface area contributed by atoms with Gasteiger partial charge in [0.05, 0.1) is 8.07 Å². The van der Waals surface area contributed by atoms with Crippen LogP contribution in [0.4, 0.5) is 0 Å². The van der Waals surface area contributed by atoms with Crippen molar-refractivity contribution < 1.29 is 10.2 Å². The van der Waals surface area contributed by atoms with E-state index in [1.807, 2.05) is 0 Å². The van der Waals surface area contributed by atoms with Gasteiger partial charge in [0.15, 0.2) is 0 Å². The topological polar surface area (TPSA) is 40.5 Å². The number of aliphatic hydroxyl groups is 2. The molecule has 0 radical (unpaired) electrons. The summed E-state index contributed by atoms with van der Waals surface area (Å²) in [6.07, 6.45) is 0. The molecule has 2 atom stereocenters. The van der Waals surface area contributed by atoms with E-state index in [0.717, 1.165) is 0 Å². The maximum atomic E-state index is 8.97. The summed E-state index contributed by atoms with van der Waals surface area (Å²) >= 11 is 0. The van der Waals surface area contributed by atoms with E-state index < -0.39 is 8.07 Å². The molecule has 68 valence electrons. The van der Waals surface area contributed by atoms with Gasteiger partial charge in [-0.25, -0.2) is 0 Å². The maximum Gasteiger partial charge on any atom is 0.0578 e. The molecule has 2 nitrogen and oxygen atoms in total. The molecule has 11 heavy (non-hydrogen) atoms. The van der Waals surface area contributed by atoms with E-state index in [2.05, 4.69) is 26.9 Å². The van der Waals surface area contributed by atoms with Gasteiger partial charge in [-0.3, -0.25) is 0 Å². The quantitative estimate of drug-likeness (QED) is 0.637. The Kier molecular flexibility index (Phi) is 4.29. The molecule has 0 fully saturated rings. The van der Waals surface area contributed by atoms with Crippen LogP contribution in [0, 0.1) is 0 Å². The molecule has 2 unspecified atom stereocenters. The molecule has 0 aromatic carbocycles. The van der Waals surface area contributed by atoms with Gasteiger partial charge < -0.3 is 10.2 Å². The molecule has 0 aromatic rings. The van der Waals surface area contributed by atoms with Gasteiger partial charge in [-0.1, -0.05) is 26.9 Å². The van der Waals surface area contributed by atoms with E-state index in [0.29, 0.717) is 11.1 Å². The first kappa shape index (κ1) is 11.1. The standard InChI is InChI=1S/C8H20O2Si/c1-7(5-9)11(3,4)8(2)6-10/h7-10H,5-6H2,1-4H3. The van der Waals surface area contributed by atoms with Crippen molar-refractivity contribution in [2.75, 3.05) is 13.2 Å². The summed E-state index contributed by atoms with van der Waals surface area (Å²) in [4.78, 5) is 0. The number of hydrogen-bond acceptors (Lipinski definition) is 2. The van der Waals surface area contributed by atoms with Crippen LogP contribution in [0.5, 0.6) is 0 Å². The van der Waals surface area contributed by atoms with Crippen LogP contribution in [-0.4, -0.2) is 31.5 Å². The van der Waals surface area contributed by atoms with E-state index in [4.69, 9.17) is 10.2 Å². The minimum atomic E-state index is -1.41. The van der Waals surface area contributed by atoms with Crippen molar-refractivity contribution in [1.82, 2.24) is 0 Å². The molecule has 0 aliphatic rings. The smallest absolute Gasteiger partial charge is 0.0578 e. The van der Waals surface area contributed by atoms with Crippen molar-refractivity contribution in [1.29, 1.82) is 0 Å². The maximum absolute atomic E-state index is 8.97. The minimum Gasteiger partial charge on any atom is -0.396 e. The molecular formula is C8H20O2Si. The molecular weight excluding hydrogens is 156 g/mol. The van der Waals surface area contributed by atoms with Gasteiger partial charge in [-0.15, -0.1) is 0 Å². The molecule has 0 aliphatic heterocycles. The second kappa shape index (κ2) is 4.23. The Bertz CT molecular complexity index is 103. The monoisotopic (exact) mass is 176 g/mol. The van der Waals surface area contributed by atoms with Gasteiger partial charge in [-0.05, 0) is 11.1 Å². The average Bonchev–Trinajstić information content (AvgIpc) is 2.01. The SMILES string of the molecule is CC(CO)[Si](C)(C)C(C)CO. The highest BCUT2D eigenvalue weighted by Gasteiger charge is 2.33. The fourth-order valence-electron chi connectivity index (χ4n) is 0.956. The van der Waals surface area contributed by atoms with Gasteiger partial charge in [0.1, 0.15) is 0 Å². The fourth-order valence-corrected chi connectivity index (χ4v) is 2.87. The van der Waals surface area contributed by atoms with Crippen LogP contribution in [0.3, 0.4) is 0 Å². The molecule has 2 N–H and O–H groups in total.